The summed E-state index contributed by atoms with van der Waals surface area (Å²) in [6.45, 7) is 3.33. The van der Waals surface area contributed by atoms with Gasteiger partial charge >= 0.3 is 0 Å². The van der Waals surface area contributed by atoms with Crippen LogP contribution in [0.15, 0.2) is 29.2 Å². The van der Waals surface area contributed by atoms with Crippen LogP contribution >= 0.6 is 0 Å². The average molecular weight is 271 g/mol. The first-order chi connectivity index (χ1) is 8.39. The van der Waals surface area contributed by atoms with Crippen LogP contribution in [0.2, 0.25) is 0 Å². The van der Waals surface area contributed by atoms with Crippen LogP contribution in [0.3, 0.4) is 0 Å². The molecule has 1 rings (SSSR count). The van der Waals surface area contributed by atoms with Gasteiger partial charge in [0.25, 0.3) is 0 Å². The molecular formula is C12H21N3O2S. The molecule has 0 heterocycles. The van der Waals surface area contributed by atoms with Crippen molar-refractivity contribution < 1.29 is 8.42 Å². The second kappa shape index (κ2) is 6.29. The third-order valence-corrected chi connectivity index (χ3v) is 4.58. The molecule has 0 radical (unpaired) electrons. The van der Waals surface area contributed by atoms with Crippen molar-refractivity contribution in [2.75, 3.05) is 27.2 Å². The molecule has 0 aliphatic heterocycles. The number of rotatable bonds is 6. The Kier molecular flexibility index (Phi) is 5.28. The number of nitrogens with two attached hydrogens (primary N) is 1. The number of benzene rings is 1. The van der Waals surface area contributed by atoms with Crippen LogP contribution < -0.4 is 11.1 Å². The maximum absolute atomic E-state index is 11.9. The van der Waals surface area contributed by atoms with Gasteiger partial charge in [-0.1, -0.05) is 12.1 Å². The molecule has 6 heteroatoms. The minimum Gasteiger partial charge on any atom is -0.329 e. The molecule has 1 unspecified atom stereocenters. The molecule has 5 nitrogen and oxygen atoms in total. The van der Waals surface area contributed by atoms with Crippen LogP contribution in [0, 0.1) is 0 Å². The standard InChI is InChI=1S/C12H21N3O2S/c1-10(14-9-8-13)11-4-6-12(7-5-11)18(16,17)15(2)3/h4-7,10,14H,8-9,13H2,1-3H3. The predicted molar refractivity (Wildman–Crippen MR) is 72.8 cm³/mol. The van der Waals surface area contributed by atoms with Gasteiger partial charge in [0.1, 0.15) is 0 Å². The molecule has 0 spiro atoms. The Morgan fingerprint density at radius 2 is 1.83 bits per heavy atom. The maximum atomic E-state index is 11.9. The van der Waals surface area contributed by atoms with Crippen molar-refractivity contribution in [1.29, 1.82) is 0 Å². The molecule has 1 aromatic carbocycles. The Balaban J connectivity index is 2.87. The summed E-state index contributed by atoms with van der Waals surface area (Å²) in [4.78, 5) is 0.308. The van der Waals surface area contributed by atoms with E-state index in [-0.39, 0.29) is 6.04 Å². The molecule has 0 aliphatic carbocycles. The summed E-state index contributed by atoms with van der Waals surface area (Å²) in [5.74, 6) is 0. The maximum Gasteiger partial charge on any atom is 0.242 e. The minimum atomic E-state index is -3.34. The number of hydrogen-bond acceptors (Lipinski definition) is 4. The molecule has 1 atom stereocenters. The van der Waals surface area contributed by atoms with Crippen LogP contribution in [0.5, 0.6) is 0 Å². The zero-order valence-corrected chi connectivity index (χ0v) is 11.9. The predicted octanol–water partition coefficient (Wildman–Crippen LogP) is 0.546. The van der Waals surface area contributed by atoms with Crippen molar-refractivity contribution in [3.05, 3.63) is 29.8 Å². The van der Waals surface area contributed by atoms with Gasteiger partial charge in [-0.15, -0.1) is 0 Å². The molecule has 102 valence electrons. The van der Waals surface area contributed by atoms with Crippen molar-refractivity contribution in [2.45, 2.75) is 17.9 Å². The van der Waals surface area contributed by atoms with Crippen molar-refractivity contribution in [3.8, 4) is 0 Å². The molecule has 18 heavy (non-hydrogen) atoms. The van der Waals surface area contributed by atoms with Gasteiger partial charge < -0.3 is 11.1 Å². The van der Waals surface area contributed by atoms with Gasteiger partial charge in [0, 0.05) is 33.2 Å². The fraction of sp³-hybridized carbons (Fsp3) is 0.500. The van der Waals surface area contributed by atoms with E-state index >= 15 is 0 Å². The highest BCUT2D eigenvalue weighted by Gasteiger charge is 2.17. The van der Waals surface area contributed by atoms with Crippen LogP contribution in [-0.2, 0) is 10.0 Å². The largest absolute Gasteiger partial charge is 0.329 e. The van der Waals surface area contributed by atoms with Crippen LogP contribution in [0.4, 0.5) is 0 Å². The lowest BCUT2D eigenvalue weighted by Gasteiger charge is -2.15. The third-order valence-electron chi connectivity index (χ3n) is 2.75. The summed E-state index contributed by atoms with van der Waals surface area (Å²) >= 11 is 0. The van der Waals surface area contributed by atoms with Crippen molar-refractivity contribution >= 4 is 10.0 Å². The Labute approximate surface area is 109 Å². The summed E-state index contributed by atoms with van der Waals surface area (Å²) < 4.78 is 25.0. The molecule has 0 saturated heterocycles. The molecule has 0 aromatic heterocycles. The summed E-state index contributed by atoms with van der Waals surface area (Å²) in [5.41, 5.74) is 6.46. The Morgan fingerprint density at radius 1 is 1.28 bits per heavy atom. The smallest absolute Gasteiger partial charge is 0.242 e. The first kappa shape index (κ1) is 15.1. The molecule has 0 amide bonds. The SMILES string of the molecule is CC(NCCN)c1ccc(S(=O)(=O)N(C)C)cc1. The molecular weight excluding hydrogens is 250 g/mol. The monoisotopic (exact) mass is 271 g/mol. The quantitative estimate of drug-likeness (QED) is 0.792. The number of nitrogens with zero attached hydrogens (tertiary/aromatic N) is 1. The van der Waals surface area contributed by atoms with Crippen molar-refractivity contribution in [2.24, 2.45) is 5.73 Å². The van der Waals surface area contributed by atoms with E-state index < -0.39 is 10.0 Å². The van der Waals surface area contributed by atoms with E-state index in [1.165, 1.54) is 18.4 Å². The van der Waals surface area contributed by atoms with Gasteiger partial charge in [-0.2, -0.15) is 0 Å². The van der Waals surface area contributed by atoms with E-state index in [2.05, 4.69) is 5.32 Å². The summed E-state index contributed by atoms with van der Waals surface area (Å²) in [6, 6.07) is 7.07. The van der Waals surface area contributed by atoms with Crippen LogP contribution in [0.25, 0.3) is 0 Å². The lowest BCUT2D eigenvalue weighted by Crippen LogP contribution is -2.25. The topological polar surface area (TPSA) is 75.4 Å². The molecule has 0 saturated carbocycles. The first-order valence-corrected chi connectivity index (χ1v) is 7.29. The number of nitrogens with one attached hydrogen (secondary N) is 1. The van der Waals surface area contributed by atoms with Crippen LogP contribution in [0.1, 0.15) is 18.5 Å². The average Bonchev–Trinajstić information content (AvgIpc) is 2.35. The van der Waals surface area contributed by atoms with E-state index in [9.17, 15) is 8.42 Å². The van der Waals surface area contributed by atoms with Crippen LogP contribution in [-0.4, -0.2) is 39.9 Å². The highest BCUT2D eigenvalue weighted by atomic mass is 32.2. The molecule has 0 aliphatic rings. The van der Waals surface area contributed by atoms with Gasteiger partial charge in [-0.25, -0.2) is 12.7 Å². The van der Waals surface area contributed by atoms with Crippen molar-refractivity contribution in [1.82, 2.24) is 9.62 Å². The second-order valence-corrected chi connectivity index (χ2v) is 6.47. The normalized spacial score (nSPS) is 13.8. The van der Waals surface area contributed by atoms with Gasteiger partial charge in [0.05, 0.1) is 4.90 Å². The first-order valence-electron chi connectivity index (χ1n) is 5.85. The third kappa shape index (κ3) is 3.52. The number of hydrogen-bond donors (Lipinski definition) is 2. The van der Waals surface area contributed by atoms with Gasteiger partial charge in [-0.05, 0) is 24.6 Å². The van der Waals surface area contributed by atoms with E-state index in [0.717, 1.165) is 12.1 Å². The van der Waals surface area contributed by atoms with Gasteiger partial charge in [0.2, 0.25) is 10.0 Å². The zero-order chi connectivity index (χ0) is 13.8. The Morgan fingerprint density at radius 3 is 2.28 bits per heavy atom. The molecule has 0 bridgehead atoms. The Hall–Kier alpha value is -0.950. The summed E-state index contributed by atoms with van der Waals surface area (Å²) in [5, 5.41) is 3.24. The second-order valence-electron chi connectivity index (χ2n) is 4.32. The fourth-order valence-electron chi connectivity index (χ4n) is 1.56. The zero-order valence-electron chi connectivity index (χ0n) is 11.1. The van der Waals surface area contributed by atoms with Gasteiger partial charge in [0.15, 0.2) is 0 Å². The highest BCUT2D eigenvalue weighted by Crippen LogP contribution is 2.17. The summed E-state index contributed by atoms with van der Waals surface area (Å²) in [6.07, 6.45) is 0. The minimum absolute atomic E-state index is 0.157. The molecule has 3 N–H and O–H groups in total. The van der Waals surface area contributed by atoms with E-state index in [1.54, 1.807) is 12.1 Å². The Bertz CT molecular complexity index is 469. The van der Waals surface area contributed by atoms with Gasteiger partial charge in [-0.3, -0.25) is 0 Å². The van der Waals surface area contributed by atoms with E-state index in [1.807, 2.05) is 19.1 Å². The molecule has 0 fully saturated rings. The molecule has 1 aromatic rings. The fourth-order valence-corrected chi connectivity index (χ4v) is 2.46. The van der Waals surface area contributed by atoms with Crippen molar-refractivity contribution in [3.63, 3.8) is 0 Å². The lowest BCUT2D eigenvalue weighted by atomic mass is 10.1. The summed E-state index contributed by atoms with van der Waals surface area (Å²) in [7, 11) is -0.298. The highest BCUT2D eigenvalue weighted by molar-refractivity contribution is 7.89. The van der Waals surface area contributed by atoms with E-state index in [0.29, 0.717) is 11.4 Å². The van der Waals surface area contributed by atoms with E-state index in [4.69, 9.17) is 5.73 Å². The lowest BCUT2D eigenvalue weighted by molar-refractivity contribution is 0.520. The number of sulfonamides is 1.